The van der Waals surface area contributed by atoms with E-state index in [2.05, 4.69) is 10.1 Å². The summed E-state index contributed by atoms with van der Waals surface area (Å²) in [5.74, 6) is -0.611. The molecule has 0 N–H and O–H groups in total. The Balaban J connectivity index is 1.74. The van der Waals surface area contributed by atoms with Gasteiger partial charge in [-0.15, -0.1) is 0 Å². The van der Waals surface area contributed by atoms with Crippen molar-refractivity contribution in [3.8, 4) is 0 Å². The molecule has 2 aromatic carbocycles. The maximum absolute atomic E-state index is 12.9. The maximum Gasteiger partial charge on any atom is 0.357 e. The van der Waals surface area contributed by atoms with Crippen molar-refractivity contribution >= 4 is 26.6 Å². The Morgan fingerprint density at radius 1 is 1.03 bits per heavy atom. The van der Waals surface area contributed by atoms with Crippen LogP contribution < -0.4 is 5.56 Å². The van der Waals surface area contributed by atoms with E-state index in [0.717, 1.165) is 0 Å². The number of aromatic nitrogens is 3. The van der Waals surface area contributed by atoms with Crippen LogP contribution >= 0.6 is 0 Å². The smallest absolute Gasteiger partial charge is 0.357 e. The number of rotatable bonds is 5. The molecular formula is C22H17N3O5S. The molecule has 4 aromatic rings. The van der Waals surface area contributed by atoms with Crippen molar-refractivity contribution in [3.05, 3.63) is 94.7 Å². The number of sulfone groups is 1. The van der Waals surface area contributed by atoms with E-state index in [9.17, 15) is 18.0 Å². The third-order valence-electron chi connectivity index (χ3n) is 4.78. The van der Waals surface area contributed by atoms with E-state index in [4.69, 9.17) is 4.74 Å². The molecule has 0 spiro atoms. The number of esters is 1. The summed E-state index contributed by atoms with van der Waals surface area (Å²) < 4.78 is 31.6. The van der Waals surface area contributed by atoms with Crippen LogP contribution in [0.15, 0.2) is 87.6 Å². The van der Waals surface area contributed by atoms with Crippen molar-refractivity contribution in [2.24, 2.45) is 0 Å². The molecule has 0 atom stereocenters. The molecule has 0 aliphatic rings. The van der Waals surface area contributed by atoms with Gasteiger partial charge in [-0.2, -0.15) is 5.10 Å². The van der Waals surface area contributed by atoms with E-state index in [0.29, 0.717) is 16.3 Å². The molecule has 2 aromatic heterocycles. The maximum atomic E-state index is 12.9. The average Bonchev–Trinajstić information content (AvgIpc) is 2.81. The average molecular weight is 435 g/mol. The van der Waals surface area contributed by atoms with Crippen LogP contribution in [0.5, 0.6) is 0 Å². The molecule has 156 valence electrons. The predicted molar refractivity (Wildman–Crippen MR) is 113 cm³/mol. The third-order valence-corrected chi connectivity index (χ3v) is 6.55. The van der Waals surface area contributed by atoms with Crippen LogP contribution in [0, 0.1) is 0 Å². The third kappa shape index (κ3) is 3.82. The van der Waals surface area contributed by atoms with E-state index in [1.807, 2.05) is 0 Å². The standard InChI is InChI=1S/C22H17N3O5S/c1-30-22(27)20-15(6-5-11-23-20)14-25-21(26)19-10-9-18(12-16(19)13-24-25)31(28,29)17-7-3-2-4-8-17/h2-13H,14H2,1H3. The molecule has 0 unspecified atom stereocenters. The second kappa shape index (κ2) is 8.11. The zero-order valence-corrected chi connectivity index (χ0v) is 17.2. The lowest BCUT2D eigenvalue weighted by Gasteiger charge is -2.10. The van der Waals surface area contributed by atoms with Crippen molar-refractivity contribution in [3.63, 3.8) is 0 Å². The van der Waals surface area contributed by atoms with Gasteiger partial charge in [0, 0.05) is 17.1 Å². The molecule has 31 heavy (non-hydrogen) atoms. The Bertz CT molecular complexity index is 1450. The van der Waals surface area contributed by atoms with Gasteiger partial charge >= 0.3 is 5.97 Å². The number of carbonyl (C=O) groups excluding carboxylic acids is 1. The van der Waals surface area contributed by atoms with Crippen molar-refractivity contribution < 1.29 is 17.9 Å². The highest BCUT2D eigenvalue weighted by molar-refractivity contribution is 7.91. The molecule has 0 aliphatic heterocycles. The minimum Gasteiger partial charge on any atom is -0.464 e. The van der Waals surface area contributed by atoms with E-state index in [-0.39, 0.29) is 22.0 Å². The van der Waals surface area contributed by atoms with Gasteiger partial charge in [0.1, 0.15) is 0 Å². The van der Waals surface area contributed by atoms with E-state index < -0.39 is 21.4 Å². The first-order valence-corrected chi connectivity index (χ1v) is 10.7. The van der Waals surface area contributed by atoms with Gasteiger partial charge in [0.25, 0.3) is 5.56 Å². The number of hydrogen-bond acceptors (Lipinski definition) is 7. The zero-order chi connectivity index (χ0) is 22.0. The van der Waals surface area contributed by atoms with Gasteiger partial charge in [0.05, 0.1) is 35.0 Å². The van der Waals surface area contributed by atoms with Gasteiger partial charge in [-0.05, 0) is 36.4 Å². The Morgan fingerprint density at radius 3 is 2.55 bits per heavy atom. The zero-order valence-electron chi connectivity index (χ0n) is 16.4. The predicted octanol–water partition coefficient (Wildman–Crippen LogP) is 2.46. The summed E-state index contributed by atoms with van der Waals surface area (Å²) in [6.07, 6.45) is 2.88. The molecule has 0 amide bonds. The number of pyridine rings is 1. The van der Waals surface area contributed by atoms with E-state index >= 15 is 0 Å². The molecule has 0 saturated heterocycles. The lowest BCUT2D eigenvalue weighted by Crippen LogP contribution is -2.24. The largest absolute Gasteiger partial charge is 0.464 e. The molecule has 0 aliphatic carbocycles. The molecule has 0 radical (unpaired) electrons. The Labute approximate surface area is 177 Å². The van der Waals surface area contributed by atoms with Crippen molar-refractivity contribution in [1.82, 2.24) is 14.8 Å². The summed E-state index contributed by atoms with van der Waals surface area (Å²) in [6, 6.07) is 15.7. The fraction of sp³-hybridized carbons (Fsp3) is 0.0909. The second-order valence-corrected chi connectivity index (χ2v) is 8.63. The van der Waals surface area contributed by atoms with Gasteiger partial charge in [-0.3, -0.25) is 4.79 Å². The van der Waals surface area contributed by atoms with Gasteiger partial charge in [0.2, 0.25) is 9.84 Å². The second-order valence-electron chi connectivity index (χ2n) is 6.68. The minimum absolute atomic E-state index is 0.0110. The van der Waals surface area contributed by atoms with Gasteiger partial charge in [0.15, 0.2) is 5.69 Å². The summed E-state index contributed by atoms with van der Waals surface area (Å²) in [4.78, 5) is 29.1. The molecule has 9 heteroatoms. The number of carbonyl (C=O) groups is 1. The highest BCUT2D eigenvalue weighted by Crippen LogP contribution is 2.23. The van der Waals surface area contributed by atoms with E-state index in [1.165, 1.54) is 54.5 Å². The number of fused-ring (bicyclic) bond motifs is 1. The van der Waals surface area contributed by atoms with Crippen LogP contribution in [0.25, 0.3) is 10.8 Å². The van der Waals surface area contributed by atoms with Crippen LogP contribution in [0.2, 0.25) is 0 Å². The van der Waals surface area contributed by atoms with Crippen molar-refractivity contribution in [2.45, 2.75) is 16.3 Å². The number of benzene rings is 2. The van der Waals surface area contributed by atoms with Crippen LogP contribution in [-0.4, -0.2) is 36.3 Å². The summed E-state index contributed by atoms with van der Waals surface area (Å²) >= 11 is 0. The SMILES string of the molecule is COC(=O)c1ncccc1Cn1ncc2cc(S(=O)(=O)c3ccccc3)ccc2c1=O. The molecular weight excluding hydrogens is 418 g/mol. The molecule has 0 fully saturated rings. The van der Waals surface area contributed by atoms with Crippen LogP contribution in [0.3, 0.4) is 0 Å². The first-order chi connectivity index (χ1) is 14.9. The molecule has 8 nitrogen and oxygen atoms in total. The monoisotopic (exact) mass is 435 g/mol. The molecule has 0 bridgehead atoms. The lowest BCUT2D eigenvalue weighted by atomic mass is 10.2. The first kappa shape index (κ1) is 20.4. The summed E-state index contributed by atoms with van der Waals surface area (Å²) in [7, 11) is -2.46. The highest BCUT2D eigenvalue weighted by atomic mass is 32.2. The Kier molecular flexibility index (Phi) is 5.35. The van der Waals surface area contributed by atoms with Crippen LogP contribution in [-0.2, 0) is 21.1 Å². The van der Waals surface area contributed by atoms with Crippen molar-refractivity contribution in [1.29, 1.82) is 0 Å². The number of methoxy groups -OCH3 is 1. The Hall–Kier alpha value is -3.85. The first-order valence-electron chi connectivity index (χ1n) is 9.24. The number of ether oxygens (including phenoxy) is 1. The quantitative estimate of drug-likeness (QED) is 0.443. The summed E-state index contributed by atoms with van der Waals surface area (Å²) in [5.41, 5.74) is 0.163. The van der Waals surface area contributed by atoms with Crippen molar-refractivity contribution in [2.75, 3.05) is 7.11 Å². The summed E-state index contributed by atoms with van der Waals surface area (Å²) in [5, 5.41) is 4.86. The highest BCUT2D eigenvalue weighted by Gasteiger charge is 2.19. The molecule has 4 rings (SSSR count). The molecule has 2 heterocycles. The Morgan fingerprint density at radius 2 is 1.81 bits per heavy atom. The van der Waals surface area contributed by atoms with Gasteiger partial charge in [-0.1, -0.05) is 24.3 Å². The fourth-order valence-electron chi connectivity index (χ4n) is 3.19. The summed E-state index contributed by atoms with van der Waals surface area (Å²) in [6.45, 7) is 0.0110. The van der Waals surface area contributed by atoms with Crippen LogP contribution in [0.4, 0.5) is 0 Å². The van der Waals surface area contributed by atoms with E-state index in [1.54, 1.807) is 30.3 Å². The molecule has 0 saturated carbocycles. The van der Waals surface area contributed by atoms with Gasteiger partial charge < -0.3 is 4.74 Å². The van der Waals surface area contributed by atoms with Gasteiger partial charge in [-0.25, -0.2) is 22.9 Å². The van der Waals surface area contributed by atoms with Crippen LogP contribution in [0.1, 0.15) is 16.1 Å². The number of nitrogens with zero attached hydrogens (tertiary/aromatic N) is 3. The normalized spacial score (nSPS) is 11.4. The minimum atomic E-state index is -3.72. The number of hydrogen-bond donors (Lipinski definition) is 0. The fourth-order valence-corrected chi connectivity index (χ4v) is 4.51. The lowest BCUT2D eigenvalue weighted by molar-refractivity contribution is 0.0592. The topological polar surface area (TPSA) is 108 Å².